The summed E-state index contributed by atoms with van der Waals surface area (Å²) in [6.45, 7) is 4.13. The van der Waals surface area contributed by atoms with Gasteiger partial charge in [-0.1, -0.05) is 48.9 Å². The monoisotopic (exact) mass is 341 g/mol. The first-order chi connectivity index (χ1) is 10.2. The summed E-state index contributed by atoms with van der Waals surface area (Å²) >= 11 is 6.13. The van der Waals surface area contributed by atoms with E-state index in [0.717, 1.165) is 23.4 Å². The van der Waals surface area contributed by atoms with E-state index in [9.17, 15) is 0 Å². The Kier molecular flexibility index (Phi) is 8.10. The molecule has 0 aliphatic heterocycles. The average Bonchev–Trinajstić information content (AvgIpc) is 2.52. The van der Waals surface area contributed by atoms with Gasteiger partial charge in [-0.15, -0.1) is 12.4 Å². The van der Waals surface area contributed by atoms with Gasteiger partial charge in [0.2, 0.25) is 0 Å². The second-order valence-electron chi connectivity index (χ2n) is 4.65. The maximum Gasteiger partial charge on any atom is 0.166 e. The van der Waals surface area contributed by atoms with Crippen molar-refractivity contribution in [3.8, 4) is 11.5 Å². The lowest BCUT2D eigenvalue weighted by Gasteiger charge is -2.16. The standard InChI is InChI=1S/C17H20ClNO2.ClH/c1-3-19-11-14-9-15(18)10-16(20-2)17(14)21-12-13-7-5-4-6-8-13;/h4-10,19H,3,11-12H2,1-2H3;1H. The van der Waals surface area contributed by atoms with E-state index in [1.54, 1.807) is 13.2 Å². The van der Waals surface area contributed by atoms with Gasteiger partial charge in [0.05, 0.1) is 7.11 Å². The van der Waals surface area contributed by atoms with Crippen molar-refractivity contribution < 1.29 is 9.47 Å². The molecule has 2 aromatic carbocycles. The highest BCUT2D eigenvalue weighted by atomic mass is 35.5. The van der Waals surface area contributed by atoms with Crippen LogP contribution in [0.5, 0.6) is 11.5 Å². The average molecular weight is 342 g/mol. The molecule has 0 aromatic heterocycles. The van der Waals surface area contributed by atoms with E-state index in [1.807, 2.05) is 36.4 Å². The largest absolute Gasteiger partial charge is 0.493 e. The van der Waals surface area contributed by atoms with E-state index in [-0.39, 0.29) is 12.4 Å². The van der Waals surface area contributed by atoms with Crippen molar-refractivity contribution in [3.05, 3.63) is 58.6 Å². The molecule has 0 aliphatic carbocycles. The van der Waals surface area contributed by atoms with E-state index >= 15 is 0 Å². The molecule has 2 rings (SSSR count). The third-order valence-corrected chi connectivity index (χ3v) is 3.33. The Labute approximate surface area is 143 Å². The molecule has 5 heteroatoms. The highest BCUT2D eigenvalue weighted by molar-refractivity contribution is 6.30. The smallest absolute Gasteiger partial charge is 0.166 e. The molecule has 0 bridgehead atoms. The highest BCUT2D eigenvalue weighted by Crippen LogP contribution is 2.35. The zero-order valence-corrected chi connectivity index (χ0v) is 14.3. The summed E-state index contributed by atoms with van der Waals surface area (Å²) in [5, 5.41) is 3.93. The number of rotatable bonds is 7. The molecule has 0 saturated heterocycles. The Hall–Kier alpha value is -1.42. The van der Waals surface area contributed by atoms with Gasteiger partial charge in [0.15, 0.2) is 11.5 Å². The van der Waals surface area contributed by atoms with E-state index in [4.69, 9.17) is 21.1 Å². The summed E-state index contributed by atoms with van der Waals surface area (Å²) in [6.07, 6.45) is 0. The van der Waals surface area contributed by atoms with Gasteiger partial charge in [0.25, 0.3) is 0 Å². The van der Waals surface area contributed by atoms with Crippen molar-refractivity contribution in [1.82, 2.24) is 5.32 Å². The fourth-order valence-electron chi connectivity index (χ4n) is 2.06. The molecule has 0 unspecified atom stereocenters. The number of halogens is 2. The summed E-state index contributed by atoms with van der Waals surface area (Å²) in [5.41, 5.74) is 2.11. The minimum absolute atomic E-state index is 0. The maximum atomic E-state index is 6.13. The van der Waals surface area contributed by atoms with Crippen LogP contribution >= 0.6 is 24.0 Å². The van der Waals surface area contributed by atoms with Crippen molar-refractivity contribution in [3.63, 3.8) is 0 Å². The molecule has 0 amide bonds. The van der Waals surface area contributed by atoms with Gasteiger partial charge in [-0.05, 0) is 18.2 Å². The van der Waals surface area contributed by atoms with E-state index < -0.39 is 0 Å². The summed E-state index contributed by atoms with van der Waals surface area (Å²) in [7, 11) is 1.62. The molecule has 0 heterocycles. The third-order valence-electron chi connectivity index (χ3n) is 3.11. The van der Waals surface area contributed by atoms with Gasteiger partial charge in [0.1, 0.15) is 6.61 Å². The summed E-state index contributed by atoms with van der Waals surface area (Å²) < 4.78 is 11.4. The fraction of sp³-hybridized carbons (Fsp3) is 0.294. The van der Waals surface area contributed by atoms with Crippen LogP contribution in [0.4, 0.5) is 0 Å². The molecule has 2 aromatic rings. The second-order valence-corrected chi connectivity index (χ2v) is 5.09. The third kappa shape index (κ3) is 5.09. The molecule has 1 N–H and O–H groups in total. The molecule has 0 aliphatic rings. The molecule has 120 valence electrons. The molecular weight excluding hydrogens is 321 g/mol. The van der Waals surface area contributed by atoms with Crippen molar-refractivity contribution >= 4 is 24.0 Å². The number of hydrogen-bond donors (Lipinski definition) is 1. The lowest BCUT2D eigenvalue weighted by atomic mass is 10.1. The Morgan fingerprint density at radius 3 is 2.50 bits per heavy atom. The number of ether oxygens (including phenoxy) is 2. The van der Waals surface area contributed by atoms with Crippen LogP contribution in [0.2, 0.25) is 5.02 Å². The van der Waals surface area contributed by atoms with Gasteiger partial charge in [0, 0.05) is 23.2 Å². The topological polar surface area (TPSA) is 30.5 Å². The summed E-state index contributed by atoms with van der Waals surface area (Å²) in [4.78, 5) is 0. The minimum atomic E-state index is 0. The van der Waals surface area contributed by atoms with Gasteiger partial charge < -0.3 is 14.8 Å². The van der Waals surface area contributed by atoms with Crippen LogP contribution < -0.4 is 14.8 Å². The zero-order valence-electron chi connectivity index (χ0n) is 12.8. The van der Waals surface area contributed by atoms with Crippen molar-refractivity contribution in [2.75, 3.05) is 13.7 Å². The number of benzene rings is 2. The van der Waals surface area contributed by atoms with Gasteiger partial charge in [-0.2, -0.15) is 0 Å². The van der Waals surface area contributed by atoms with E-state index in [1.165, 1.54) is 0 Å². The normalized spacial score (nSPS) is 9.95. The SMILES string of the molecule is CCNCc1cc(Cl)cc(OC)c1OCc1ccccc1.Cl. The summed E-state index contributed by atoms with van der Waals surface area (Å²) in [5.74, 6) is 1.40. The minimum Gasteiger partial charge on any atom is -0.493 e. The fourth-order valence-corrected chi connectivity index (χ4v) is 2.29. The van der Waals surface area contributed by atoms with Crippen molar-refractivity contribution in [2.45, 2.75) is 20.1 Å². The number of nitrogens with one attached hydrogen (secondary N) is 1. The van der Waals surface area contributed by atoms with Crippen LogP contribution in [0.15, 0.2) is 42.5 Å². The Morgan fingerprint density at radius 1 is 1.14 bits per heavy atom. The second kappa shape index (κ2) is 9.57. The first-order valence-corrected chi connectivity index (χ1v) is 7.36. The molecule has 22 heavy (non-hydrogen) atoms. The Morgan fingerprint density at radius 2 is 1.86 bits per heavy atom. The lowest BCUT2D eigenvalue weighted by Crippen LogP contribution is -2.13. The van der Waals surface area contributed by atoms with Crippen molar-refractivity contribution in [2.24, 2.45) is 0 Å². The van der Waals surface area contributed by atoms with Crippen LogP contribution in [0.25, 0.3) is 0 Å². The van der Waals surface area contributed by atoms with E-state index in [0.29, 0.717) is 23.9 Å². The van der Waals surface area contributed by atoms with Crippen LogP contribution in [0, 0.1) is 0 Å². The molecule has 0 spiro atoms. The van der Waals surface area contributed by atoms with Gasteiger partial charge >= 0.3 is 0 Å². The number of methoxy groups -OCH3 is 1. The van der Waals surface area contributed by atoms with Gasteiger partial charge in [-0.3, -0.25) is 0 Å². The quantitative estimate of drug-likeness (QED) is 0.806. The lowest BCUT2D eigenvalue weighted by molar-refractivity contribution is 0.281. The molecule has 0 atom stereocenters. The first-order valence-electron chi connectivity index (χ1n) is 6.98. The Bertz CT molecular complexity index is 576. The number of hydrogen-bond acceptors (Lipinski definition) is 3. The van der Waals surface area contributed by atoms with Crippen LogP contribution in [0.1, 0.15) is 18.1 Å². The Balaban J connectivity index is 0.00000242. The predicted octanol–water partition coefficient (Wildman–Crippen LogP) is 4.46. The predicted molar refractivity (Wildman–Crippen MR) is 93.4 cm³/mol. The van der Waals surface area contributed by atoms with Crippen LogP contribution in [-0.4, -0.2) is 13.7 Å². The molecule has 0 saturated carbocycles. The maximum absolute atomic E-state index is 6.13. The molecule has 0 radical (unpaired) electrons. The van der Waals surface area contributed by atoms with E-state index in [2.05, 4.69) is 12.2 Å². The first kappa shape index (κ1) is 18.6. The highest BCUT2D eigenvalue weighted by Gasteiger charge is 2.13. The van der Waals surface area contributed by atoms with Crippen molar-refractivity contribution in [1.29, 1.82) is 0 Å². The molecule has 0 fully saturated rings. The zero-order chi connectivity index (χ0) is 15.1. The molecular formula is C17H21Cl2NO2. The van der Waals surface area contributed by atoms with Gasteiger partial charge in [-0.25, -0.2) is 0 Å². The van der Waals surface area contributed by atoms with Crippen LogP contribution in [-0.2, 0) is 13.2 Å². The van der Waals surface area contributed by atoms with Crippen LogP contribution in [0.3, 0.4) is 0 Å². The summed E-state index contributed by atoms with van der Waals surface area (Å²) in [6, 6.07) is 13.7. The molecule has 3 nitrogen and oxygen atoms in total.